The minimum Gasteiger partial charge on any atom is -0.478 e. The molecule has 1 fully saturated rings. The summed E-state index contributed by atoms with van der Waals surface area (Å²) in [5.41, 5.74) is 1.88. The van der Waals surface area contributed by atoms with Crippen LogP contribution in [0.25, 0.3) is 22.3 Å². The lowest BCUT2D eigenvalue weighted by Gasteiger charge is -2.28. The second-order valence-corrected chi connectivity index (χ2v) is 12.3. The molecule has 7 nitrogen and oxygen atoms in total. The lowest BCUT2D eigenvalue weighted by Crippen LogP contribution is -2.27. The molecule has 0 unspecified atom stereocenters. The minimum absolute atomic E-state index is 0.0477. The third-order valence-corrected chi connectivity index (χ3v) is 8.57. The molecular weight excluding hydrogens is 607 g/mol. The molecule has 1 aliphatic rings. The Bertz CT molecular complexity index is 1960. The second-order valence-electron chi connectivity index (χ2n) is 11.9. The van der Waals surface area contributed by atoms with Crippen molar-refractivity contribution in [2.75, 3.05) is 13.2 Å². The van der Waals surface area contributed by atoms with E-state index in [0.29, 0.717) is 40.7 Å². The van der Waals surface area contributed by atoms with Crippen LogP contribution in [-0.2, 0) is 17.8 Å². The van der Waals surface area contributed by atoms with Gasteiger partial charge in [-0.05, 0) is 66.6 Å². The highest BCUT2D eigenvalue weighted by Gasteiger charge is 2.39. The van der Waals surface area contributed by atoms with Gasteiger partial charge in [-0.15, -0.1) is 0 Å². The second kappa shape index (κ2) is 11.8. The molecule has 1 saturated heterocycles. The predicted molar refractivity (Wildman–Crippen MR) is 163 cm³/mol. The van der Waals surface area contributed by atoms with Crippen LogP contribution >= 0.6 is 11.6 Å². The van der Waals surface area contributed by atoms with Gasteiger partial charge in [0.1, 0.15) is 29.9 Å². The van der Waals surface area contributed by atoms with Crippen molar-refractivity contribution in [2.45, 2.75) is 39.8 Å². The molecule has 6 rings (SSSR count). The summed E-state index contributed by atoms with van der Waals surface area (Å²) in [7, 11) is 0. The third kappa shape index (κ3) is 6.00. The first-order valence-electron chi connectivity index (χ1n) is 14.3. The van der Waals surface area contributed by atoms with Crippen molar-refractivity contribution in [2.24, 2.45) is 5.41 Å². The molecule has 0 saturated carbocycles. The van der Waals surface area contributed by atoms with Crippen molar-refractivity contribution >= 4 is 28.6 Å². The van der Waals surface area contributed by atoms with E-state index in [1.165, 1.54) is 30.3 Å². The number of hydrogen-bond donors (Lipinski definition) is 1. The van der Waals surface area contributed by atoms with Crippen molar-refractivity contribution in [3.05, 3.63) is 111 Å². The maximum absolute atomic E-state index is 15.7. The van der Waals surface area contributed by atoms with Crippen LogP contribution in [-0.4, -0.2) is 38.8 Å². The number of imidazole rings is 1. The number of carbonyl (C=O) groups is 1. The van der Waals surface area contributed by atoms with Crippen LogP contribution in [0.5, 0.6) is 5.88 Å². The number of benzene rings is 3. The van der Waals surface area contributed by atoms with Gasteiger partial charge >= 0.3 is 5.97 Å². The average Bonchev–Trinajstić information content (AvgIpc) is 3.53. The molecule has 11 heteroatoms. The van der Waals surface area contributed by atoms with Gasteiger partial charge in [-0.25, -0.2) is 27.9 Å². The summed E-state index contributed by atoms with van der Waals surface area (Å²) in [5.74, 6) is -2.36. The van der Waals surface area contributed by atoms with Crippen molar-refractivity contribution in [1.82, 2.24) is 14.5 Å². The Kier molecular flexibility index (Phi) is 8.05. The number of aryl methyl sites for hydroxylation is 1. The monoisotopic (exact) mass is 635 g/mol. The van der Waals surface area contributed by atoms with Crippen LogP contribution in [0.3, 0.4) is 0 Å². The molecule has 0 bridgehead atoms. The first kappa shape index (κ1) is 30.6. The number of nitrogens with zero attached hydrogens (tertiary/aromatic N) is 3. The zero-order valence-corrected chi connectivity index (χ0v) is 25.5. The van der Waals surface area contributed by atoms with Crippen LogP contribution in [0.15, 0.2) is 60.7 Å². The molecule has 45 heavy (non-hydrogen) atoms. The number of pyridine rings is 1. The summed E-state index contributed by atoms with van der Waals surface area (Å²) < 4.78 is 58.9. The quantitative estimate of drug-likeness (QED) is 0.186. The number of rotatable bonds is 8. The highest BCUT2D eigenvalue weighted by Crippen LogP contribution is 2.40. The van der Waals surface area contributed by atoms with E-state index in [1.807, 2.05) is 18.4 Å². The van der Waals surface area contributed by atoms with Crippen molar-refractivity contribution in [3.63, 3.8) is 0 Å². The highest BCUT2D eigenvalue weighted by molar-refractivity contribution is 6.31. The lowest BCUT2D eigenvalue weighted by atomic mass is 9.87. The minimum atomic E-state index is -1.08. The van der Waals surface area contributed by atoms with Gasteiger partial charge in [-0.3, -0.25) is 0 Å². The van der Waals surface area contributed by atoms with E-state index < -0.39 is 23.4 Å². The number of aromatic nitrogens is 3. The molecule has 1 atom stereocenters. The van der Waals surface area contributed by atoms with Crippen LogP contribution < -0.4 is 4.74 Å². The Hall–Kier alpha value is -4.41. The normalized spacial score (nSPS) is 15.9. The summed E-state index contributed by atoms with van der Waals surface area (Å²) in [6, 6.07) is 14.1. The number of halogens is 4. The fourth-order valence-corrected chi connectivity index (χ4v) is 5.80. The van der Waals surface area contributed by atoms with Crippen LogP contribution in [0.2, 0.25) is 5.02 Å². The van der Waals surface area contributed by atoms with Gasteiger partial charge in [0.15, 0.2) is 0 Å². The number of carboxylic acid groups (broad SMARTS) is 1. The third-order valence-electron chi connectivity index (χ3n) is 8.16. The van der Waals surface area contributed by atoms with E-state index in [1.54, 1.807) is 25.1 Å². The lowest BCUT2D eigenvalue weighted by molar-refractivity contribution is 0.0697. The van der Waals surface area contributed by atoms with Crippen LogP contribution in [0, 0.1) is 29.8 Å². The zero-order valence-electron chi connectivity index (χ0n) is 24.7. The molecule has 5 aromatic rings. The maximum atomic E-state index is 15.7. The Morgan fingerprint density at radius 1 is 1.04 bits per heavy atom. The molecule has 3 heterocycles. The molecular formula is C34H29ClF3N3O4. The molecule has 0 amide bonds. The molecule has 0 spiro atoms. The fraction of sp³-hybridized carbons (Fsp3) is 0.265. The molecule has 3 aromatic carbocycles. The SMILES string of the molecule is Cc1cc(F)c(COc2cccc(-c3cc(F)c(Cc4nc5ccc(C(=O)O)cc5n4[C@@H]4COCC4(C)C)cc3F)n2)cc1Cl. The summed E-state index contributed by atoms with van der Waals surface area (Å²) in [4.78, 5) is 20.7. The molecule has 0 radical (unpaired) electrons. The maximum Gasteiger partial charge on any atom is 0.335 e. The van der Waals surface area contributed by atoms with Gasteiger partial charge in [0.25, 0.3) is 0 Å². The van der Waals surface area contributed by atoms with Crippen LogP contribution in [0.4, 0.5) is 13.2 Å². The van der Waals surface area contributed by atoms with Crippen LogP contribution in [0.1, 0.15) is 52.8 Å². The van der Waals surface area contributed by atoms with Gasteiger partial charge in [-0.1, -0.05) is 31.5 Å². The standard InChI is InChI=1S/C34H29ClF3N3O4/c1-18-9-24(36)21(10-23(18)35)15-45-32-6-4-5-27(40-32)22-14-25(37)20(11-26(22)38)13-31-39-28-8-7-19(33(42)43)12-29(28)41(31)30-16-44-17-34(30,2)3/h4-12,14,30H,13,15-17H2,1-3H3,(H,42,43)/t30-/m1/s1. The molecule has 1 N–H and O–H groups in total. The van der Waals surface area contributed by atoms with Crippen molar-refractivity contribution in [1.29, 1.82) is 0 Å². The summed E-state index contributed by atoms with van der Waals surface area (Å²) >= 11 is 6.11. The van der Waals surface area contributed by atoms with Gasteiger partial charge in [-0.2, -0.15) is 0 Å². The first-order valence-corrected chi connectivity index (χ1v) is 14.6. The van der Waals surface area contributed by atoms with E-state index >= 15 is 8.78 Å². The van der Waals surface area contributed by atoms with Gasteiger partial charge in [0.2, 0.25) is 5.88 Å². The summed E-state index contributed by atoms with van der Waals surface area (Å²) in [6.45, 7) is 6.46. The largest absolute Gasteiger partial charge is 0.478 e. The summed E-state index contributed by atoms with van der Waals surface area (Å²) in [5, 5.41) is 9.98. The van der Waals surface area contributed by atoms with Gasteiger partial charge in [0, 0.05) is 34.1 Å². The molecule has 0 aliphatic carbocycles. The van der Waals surface area contributed by atoms with E-state index in [0.717, 1.165) is 12.1 Å². The zero-order chi connectivity index (χ0) is 32.0. The Labute approximate surface area is 262 Å². The van der Waals surface area contributed by atoms with E-state index in [-0.39, 0.29) is 58.3 Å². The Balaban J connectivity index is 1.31. The van der Waals surface area contributed by atoms with E-state index in [9.17, 15) is 14.3 Å². The Morgan fingerprint density at radius 3 is 2.56 bits per heavy atom. The smallest absolute Gasteiger partial charge is 0.335 e. The fourth-order valence-electron chi connectivity index (χ4n) is 5.61. The first-order chi connectivity index (χ1) is 21.4. The Morgan fingerprint density at radius 2 is 1.82 bits per heavy atom. The summed E-state index contributed by atoms with van der Waals surface area (Å²) in [6.07, 6.45) is -0.0477. The average molecular weight is 636 g/mol. The number of carboxylic acids is 1. The highest BCUT2D eigenvalue weighted by atomic mass is 35.5. The number of aromatic carboxylic acids is 1. The van der Waals surface area contributed by atoms with Crippen molar-refractivity contribution in [3.8, 4) is 17.1 Å². The predicted octanol–water partition coefficient (Wildman–Crippen LogP) is 7.94. The number of ether oxygens (including phenoxy) is 2. The number of hydrogen-bond acceptors (Lipinski definition) is 5. The van der Waals surface area contributed by atoms with E-state index in [2.05, 4.69) is 4.98 Å². The molecule has 1 aliphatic heterocycles. The number of fused-ring (bicyclic) bond motifs is 1. The van der Waals surface area contributed by atoms with E-state index in [4.69, 9.17) is 26.1 Å². The molecule has 2 aromatic heterocycles. The van der Waals surface area contributed by atoms with Gasteiger partial charge < -0.3 is 19.1 Å². The topological polar surface area (TPSA) is 86.5 Å². The molecule has 232 valence electrons. The van der Waals surface area contributed by atoms with Gasteiger partial charge in [0.05, 0.1) is 41.5 Å². The van der Waals surface area contributed by atoms with Crippen molar-refractivity contribution < 1.29 is 32.5 Å².